The van der Waals surface area contributed by atoms with Crippen LogP contribution in [0.1, 0.15) is 41.3 Å². The molecule has 0 spiro atoms. The van der Waals surface area contributed by atoms with Crippen LogP contribution in [-0.2, 0) is 11.2 Å². The van der Waals surface area contributed by atoms with Gasteiger partial charge in [-0.2, -0.15) is 0 Å². The molecule has 1 atom stereocenters. The van der Waals surface area contributed by atoms with Gasteiger partial charge in [-0.1, -0.05) is 56.3 Å². The van der Waals surface area contributed by atoms with Gasteiger partial charge in [-0.05, 0) is 35.6 Å². The van der Waals surface area contributed by atoms with E-state index in [0.29, 0.717) is 11.5 Å². The number of aliphatic carboxylic acids is 1. The summed E-state index contributed by atoms with van der Waals surface area (Å²) in [4.78, 5) is 23.4. The number of hydrogen-bond acceptors (Lipinski definition) is 3. The minimum Gasteiger partial charge on any atom is -0.548 e. The topological polar surface area (TPSA) is 69.2 Å². The summed E-state index contributed by atoms with van der Waals surface area (Å²) in [5.74, 6) is -1.29. The average molecular weight is 310 g/mol. The third-order valence-electron chi connectivity index (χ3n) is 3.71. The highest BCUT2D eigenvalue weighted by molar-refractivity contribution is 5.96. The molecule has 23 heavy (non-hydrogen) atoms. The second kappa shape index (κ2) is 7.58. The van der Waals surface area contributed by atoms with E-state index in [-0.39, 0.29) is 6.42 Å². The van der Waals surface area contributed by atoms with E-state index >= 15 is 0 Å². The van der Waals surface area contributed by atoms with E-state index in [1.54, 1.807) is 30.3 Å². The minimum absolute atomic E-state index is 0.194. The summed E-state index contributed by atoms with van der Waals surface area (Å²) in [6, 6.07) is 15.2. The molecule has 0 saturated heterocycles. The lowest BCUT2D eigenvalue weighted by Gasteiger charge is -2.20. The monoisotopic (exact) mass is 310 g/mol. The Labute approximate surface area is 136 Å². The van der Waals surface area contributed by atoms with Crippen molar-refractivity contribution >= 4 is 11.9 Å². The number of benzene rings is 2. The van der Waals surface area contributed by atoms with Crippen molar-refractivity contribution < 1.29 is 14.7 Å². The molecule has 0 unspecified atom stereocenters. The molecule has 0 fully saturated rings. The quantitative estimate of drug-likeness (QED) is 0.886. The van der Waals surface area contributed by atoms with E-state index in [4.69, 9.17) is 0 Å². The third kappa shape index (κ3) is 4.68. The maximum absolute atomic E-state index is 12.1. The molecule has 2 aromatic carbocycles. The molecule has 0 heterocycles. The van der Waals surface area contributed by atoms with Gasteiger partial charge >= 0.3 is 0 Å². The number of carbonyl (C=O) groups excluding carboxylic acids is 2. The van der Waals surface area contributed by atoms with Crippen molar-refractivity contribution in [2.45, 2.75) is 32.2 Å². The lowest BCUT2D eigenvalue weighted by Crippen LogP contribution is -2.49. The van der Waals surface area contributed by atoms with Crippen LogP contribution in [0.3, 0.4) is 0 Å². The van der Waals surface area contributed by atoms with Gasteiger partial charge in [-0.15, -0.1) is 0 Å². The number of rotatable bonds is 6. The lowest BCUT2D eigenvalue weighted by atomic mass is 9.99. The van der Waals surface area contributed by atoms with Crippen molar-refractivity contribution in [1.82, 2.24) is 5.32 Å². The van der Waals surface area contributed by atoms with Crippen molar-refractivity contribution in [3.05, 3.63) is 71.3 Å². The fourth-order valence-corrected chi connectivity index (χ4v) is 2.30. The highest BCUT2D eigenvalue weighted by Gasteiger charge is 2.15. The normalized spacial score (nSPS) is 12.0. The van der Waals surface area contributed by atoms with E-state index < -0.39 is 17.9 Å². The van der Waals surface area contributed by atoms with Gasteiger partial charge in [0.15, 0.2) is 0 Å². The molecule has 0 aromatic heterocycles. The Morgan fingerprint density at radius 2 is 1.61 bits per heavy atom. The first-order valence-electron chi connectivity index (χ1n) is 7.63. The van der Waals surface area contributed by atoms with Crippen LogP contribution in [0.25, 0.3) is 0 Å². The molecule has 0 saturated carbocycles. The van der Waals surface area contributed by atoms with Gasteiger partial charge in [0.25, 0.3) is 5.91 Å². The Morgan fingerprint density at radius 3 is 2.13 bits per heavy atom. The number of carboxylic acids is 1. The fourth-order valence-electron chi connectivity index (χ4n) is 2.30. The molecular weight excluding hydrogens is 290 g/mol. The molecule has 1 N–H and O–H groups in total. The zero-order chi connectivity index (χ0) is 16.8. The molecule has 0 aliphatic heterocycles. The van der Waals surface area contributed by atoms with Crippen molar-refractivity contribution in [3.8, 4) is 0 Å². The molecule has 0 radical (unpaired) electrons. The van der Waals surface area contributed by atoms with Crippen LogP contribution in [0, 0.1) is 0 Å². The van der Waals surface area contributed by atoms with Crippen LogP contribution < -0.4 is 10.4 Å². The molecule has 4 nitrogen and oxygen atoms in total. The lowest BCUT2D eigenvalue weighted by molar-refractivity contribution is -0.308. The van der Waals surface area contributed by atoms with E-state index in [9.17, 15) is 14.7 Å². The average Bonchev–Trinajstić information content (AvgIpc) is 2.55. The van der Waals surface area contributed by atoms with E-state index in [0.717, 1.165) is 5.56 Å². The number of nitrogens with one attached hydrogen (secondary N) is 1. The molecular formula is C19H20NO3-. The van der Waals surface area contributed by atoms with Crippen LogP contribution in [-0.4, -0.2) is 17.9 Å². The van der Waals surface area contributed by atoms with Crippen LogP contribution in [0.5, 0.6) is 0 Å². The van der Waals surface area contributed by atoms with Gasteiger partial charge in [-0.25, -0.2) is 0 Å². The fraction of sp³-hybridized carbons (Fsp3) is 0.263. The third-order valence-corrected chi connectivity index (χ3v) is 3.71. The van der Waals surface area contributed by atoms with Crippen LogP contribution >= 0.6 is 0 Å². The van der Waals surface area contributed by atoms with Gasteiger partial charge in [0, 0.05) is 5.56 Å². The molecule has 0 aliphatic carbocycles. The highest BCUT2D eigenvalue weighted by Crippen LogP contribution is 2.15. The van der Waals surface area contributed by atoms with Crippen molar-refractivity contribution in [1.29, 1.82) is 0 Å². The van der Waals surface area contributed by atoms with Gasteiger partial charge in [0.1, 0.15) is 0 Å². The van der Waals surface area contributed by atoms with Crippen LogP contribution in [0.4, 0.5) is 0 Å². The minimum atomic E-state index is -1.29. The standard InChI is InChI=1S/C19H21NO3/c1-13(2)15-10-8-14(9-11-15)12-17(19(22)23)20-18(21)16-6-4-3-5-7-16/h3-11,13,17H,12H2,1-2H3,(H,20,21)(H,22,23)/p-1/t17-/m1/s1. The summed E-state index contributed by atoms with van der Waals surface area (Å²) in [5.41, 5.74) is 2.46. The van der Waals surface area contributed by atoms with E-state index in [1.165, 1.54) is 5.56 Å². The number of carboxylic acid groups (broad SMARTS) is 1. The Morgan fingerprint density at radius 1 is 1.00 bits per heavy atom. The second-order valence-corrected chi connectivity index (χ2v) is 5.81. The molecule has 0 aliphatic rings. The zero-order valence-electron chi connectivity index (χ0n) is 13.3. The Kier molecular flexibility index (Phi) is 5.52. The molecule has 1 amide bonds. The smallest absolute Gasteiger partial charge is 0.251 e. The number of amides is 1. The number of carbonyl (C=O) groups is 2. The zero-order valence-corrected chi connectivity index (χ0v) is 13.3. The summed E-state index contributed by atoms with van der Waals surface area (Å²) in [5, 5.41) is 13.8. The predicted molar refractivity (Wildman–Crippen MR) is 86.9 cm³/mol. The summed E-state index contributed by atoms with van der Waals surface area (Å²) in [6.07, 6.45) is 0.194. The Balaban J connectivity index is 2.07. The first-order valence-corrected chi connectivity index (χ1v) is 7.63. The molecule has 0 bridgehead atoms. The maximum atomic E-state index is 12.1. The van der Waals surface area contributed by atoms with Gasteiger partial charge in [-0.3, -0.25) is 4.79 Å². The summed E-state index contributed by atoms with van der Waals surface area (Å²) in [7, 11) is 0. The SMILES string of the molecule is CC(C)c1ccc(C[C@@H](NC(=O)c2ccccc2)C(=O)[O-])cc1. The maximum Gasteiger partial charge on any atom is 0.251 e. The summed E-state index contributed by atoms with van der Waals surface area (Å²) >= 11 is 0. The van der Waals surface area contributed by atoms with Crippen molar-refractivity contribution in [3.63, 3.8) is 0 Å². The van der Waals surface area contributed by atoms with Gasteiger partial charge in [0.05, 0.1) is 12.0 Å². The molecule has 2 aromatic rings. The first kappa shape index (κ1) is 16.7. The Bertz CT molecular complexity index is 663. The van der Waals surface area contributed by atoms with Gasteiger partial charge < -0.3 is 15.2 Å². The van der Waals surface area contributed by atoms with Gasteiger partial charge in [0.2, 0.25) is 0 Å². The van der Waals surface area contributed by atoms with Crippen molar-refractivity contribution in [2.75, 3.05) is 0 Å². The summed E-state index contributed by atoms with van der Waals surface area (Å²) < 4.78 is 0. The van der Waals surface area contributed by atoms with Crippen molar-refractivity contribution in [2.24, 2.45) is 0 Å². The van der Waals surface area contributed by atoms with E-state index in [2.05, 4.69) is 19.2 Å². The molecule has 120 valence electrons. The van der Waals surface area contributed by atoms with E-state index in [1.807, 2.05) is 24.3 Å². The summed E-state index contributed by atoms with van der Waals surface area (Å²) in [6.45, 7) is 4.19. The predicted octanol–water partition coefficient (Wildman–Crippen LogP) is 1.90. The molecule has 4 heteroatoms. The Hall–Kier alpha value is -2.62. The van der Waals surface area contributed by atoms with Crippen LogP contribution in [0.15, 0.2) is 54.6 Å². The largest absolute Gasteiger partial charge is 0.548 e. The highest BCUT2D eigenvalue weighted by atomic mass is 16.4. The first-order chi connectivity index (χ1) is 11.0. The molecule has 2 rings (SSSR count). The number of hydrogen-bond donors (Lipinski definition) is 1. The van der Waals surface area contributed by atoms with Crippen LogP contribution in [0.2, 0.25) is 0 Å². The second-order valence-electron chi connectivity index (χ2n) is 5.81.